The van der Waals surface area contributed by atoms with E-state index in [1.165, 1.54) is 11.2 Å². The molecular formula is C31H32N2O5. The Morgan fingerprint density at radius 3 is 2.29 bits per heavy atom. The molecule has 4 rings (SSSR count). The van der Waals surface area contributed by atoms with Crippen molar-refractivity contribution < 1.29 is 18.7 Å². The summed E-state index contributed by atoms with van der Waals surface area (Å²) in [6.45, 7) is 4.59. The maximum Gasteiger partial charge on any atom is 0.254 e. The number of hydrogen-bond acceptors (Lipinski definition) is 5. The summed E-state index contributed by atoms with van der Waals surface area (Å²) in [5, 5.41) is 0.478. The van der Waals surface area contributed by atoms with Gasteiger partial charge in [0.25, 0.3) is 5.91 Å². The van der Waals surface area contributed by atoms with Crippen LogP contribution >= 0.6 is 0 Å². The molecule has 0 aliphatic heterocycles. The van der Waals surface area contributed by atoms with Crippen LogP contribution in [0.3, 0.4) is 0 Å². The van der Waals surface area contributed by atoms with Gasteiger partial charge in [-0.25, -0.2) is 0 Å². The van der Waals surface area contributed by atoms with Gasteiger partial charge in [-0.05, 0) is 43.7 Å². The molecule has 2 amide bonds. The minimum atomic E-state index is -0.283. The van der Waals surface area contributed by atoms with Gasteiger partial charge in [-0.1, -0.05) is 59.7 Å². The van der Waals surface area contributed by atoms with Crippen molar-refractivity contribution in [1.82, 2.24) is 9.80 Å². The van der Waals surface area contributed by atoms with E-state index in [1.807, 2.05) is 62.4 Å². The fourth-order valence-electron chi connectivity index (χ4n) is 4.23. The molecule has 0 spiro atoms. The Morgan fingerprint density at radius 2 is 1.58 bits per heavy atom. The van der Waals surface area contributed by atoms with Crippen molar-refractivity contribution in [2.45, 2.75) is 26.9 Å². The van der Waals surface area contributed by atoms with Gasteiger partial charge in [0.15, 0.2) is 5.43 Å². The van der Waals surface area contributed by atoms with Gasteiger partial charge in [0.2, 0.25) is 5.91 Å². The molecule has 0 fully saturated rings. The predicted molar refractivity (Wildman–Crippen MR) is 147 cm³/mol. The lowest BCUT2D eigenvalue weighted by molar-refractivity contribution is -0.133. The van der Waals surface area contributed by atoms with E-state index in [2.05, 4.69) is 0 Å². The molecule has 196 valence electrons. The van der Waals surface area contributed by atoms with Crippen LogP contribution in [-0.4, -0.2) is 48.4 Å². The maximum atomic E-state index is 13.7. The lowest BCUT2D eigenvalue weighted by Crippen LogP contribution is -2.44. The number of aryl methyl sites for hydroxylation is 2. The van der Waals surface area contributed by atoms with Crippen LogP contribution in [0.5, 0.6) is 0 Å². The number of fused-ring (bicyclic) bond motifs is 1. The third-order valence-electron chi connectivity index (χ3n) is 6.41. The zero-order valence-electron chi connectivity index (χ0n) is 22.0. The number of rotatable bonds is 10. The molecule has 7 heteroatoms. The molecule has 0 unspecified atom stereocenters. The summed E-state index contributed by atoms with van der Waals surface area (Å²) in [5.41, 5.74) is 4.10. The highest BCUT2D eigenvalue weighted by molar-refractivity contribution is 5.96. The molecule has 0 saturated heterocycles. The van der Waals surface area contributed by atoms with Crippen LogP contribution < -0.4 is 5.43 Å². The molecular weight excluding hydrogens is 480 g/mol. The number of amides is 2. The fraction of sp³-hybridized carbons (Fsp3) is 0.258. The molecule has 0 radical (unpaired) electrons. The quantitative estimate of drug-likeness (QED) is 0.307. The molecule has 0 atom stereocenters. The molecule has 1 heterocycles. The van der Waals surface area contributed by atoms with Gasteiger partial charge in [0.05, 0.1) is 30.4 Å². The second-order valence-corrected chi connectivity index (χ2v) is 9.41. The van der Waals surface area contributed by atoms with Crippen LogP contribution in [0.1, 0.15) is 32.6 Å². The first-order valence-electron chi connectivity index (χ1n) is 12.5. The van der Waals surface area contributed by atoms with Gasteiger partial charge in [-0.3, -0.25) is 14.4 Å². The van der Waals surface area contributed by atoms with Gasteiger partial charge in [-0.2, -0.15) is 0 Å². The van der Waals surface area contributed by atoms with Gasteiger partial charge >= 0.3 is 0 Å². The minimum Gasteiger partial charge on any atom is -0.464 e. The molecule has 3 aromatic carbocycles. The van der Waals surface area contributed by atoms with E-state index in [9.17, 15) is 14.4 Å². The van der Waals surface area contributed by atoms with Gasteiger partial charge in [0.1, 0.15) is 12.1 Å². The molecule has 0 bridgehead atoms. The largest absolute Gasteiger partial charge is 0.464 e. The van der Waals surface area contributed by atoms with Crippen LogP contribution in [0, 0.1) is 13.8 Å². The van der Waals surface area contributed by atoms with Crippen molar-refractivity contribution in [1.29, 1.82) is 0 Å². The first-order valence-corrected chi connectivity index (χ1v) is 12.5. The van der Waals surface area contributed by atoms with E-state index in [0.29, 0.717) is 22.1 Å². The molecule has 7 nitrogen and oxygen atoms in total. The SMILES string of the molecule is COCCN(CC(=O)N(Cc1ccccc1)Cc1coc2ccc(C)cc2c1=O)C(=O)c1ccc(C)cc1. The highest BCUT2D eigenvalue weighted by atomic mass is 16.5. The van der Waals surface area contributed by atoms with E-state index in [1.54, 1.807) is 36.3 Å². The molecule has 0 N–H and O–H groups in total. The number of methoxy groups -OCH3 is 1. The zero-order valence-corrected chi connectivity index (χ0v) is 22.0. The zero-order chi connectivity index (χ0) is 27.1. The summed E-state index contributed by atoms with van der Waals surface area (Å²) in [6.07, 6.45) is 1.42. The maximum absolute atomic E-state index is 13.7. The second kappa shape index (κ2) is 12.3. The molecule has 4 aromatic rings. The summed E-state index contributed by atoms with van der Waals surface area (Å²) in [6, 6.07) is 22.2. The van der Waals surface area contributed by atoms with Crippen LogP contribution in [-0.2, 0) is 22.6 Å². The Labute approximate surface area is 222 Å². The van der Waals surface area contributed by atoms with Gasteiger partial charge < -0.3 is 19.0 Å². The summed E-state index contributed by atoms with van der Waals surface area (Å²) in [7, 11) is 1.55. The predicted octanol–water partition coefficient (Wildman–Crippen LogP) is 4.73. The average Bonchev–Trinajstić information content (AvgIpc) is 2.93. The molecule has 1 aromatic heterocycles. The number of ether oxygens (including phenoxy) is 1. The Morgan fingerprint density at radius 1 is 0.868 bits per heavy atom. The van der Waals surface area contributed by atoms with Crippen LogP contribution in [0.2, 0.25) is 0 Å². The van der Waals surface area contributed by atoms with Crippen LogP contribution in [0.25, 0.3) is 11.0 Å². The number of hydrogen-bond donors (Lipinski definition) is 0. The second-order valence-electron chi connectivity index (χ2n) is 9.41. The Kier molecular flexibility index (Phi) is 8.71. The summed E-state index contributed by atoms with van der Waals surface area (Å²) < 4.78 is 10.9. The van der Waals surface area contributed by atoms with E-state index in [4.69, 9.17) is 9.15 Å². The standard InChI is InChI=1S/C31H32N2O5/c1-22-9-12-25(13-10-22)31(36)32(15-16-37-3)20-29(34)33(18-24-7-5-4-6-8-24)19-26-21-38-28-14-11-23(2)17-27(28)30(26)35/h4-14,17,21H,15-16,18-20H2,1-3H3. The van der Waals surface area contributed by atoms with Crippen molar-refractivity contribution in [3.63, 3.8) is 0 Å². The first kappa shape index (κ1) is 26.8. The molecule has 0 saturated carbocycles. The lowest BCUT2D eigenvalue weighted by Gasteiger charge is -2.28. The average molecular weight is 513 g/mol. The number of nitrogens with zero attached hydrogens (tertiary/aromatic N) is 2. The Balaban J connectivity index is 1.63. The highest BCUT2D eigenvalue weighted by Gasteiger charge is 2.24. The van der Waals surface area contributed by atoms with E-state index in [-0.39, 0.29) is 50.0 Å². The van der Waals surface area contributed by atoms with Crippen molar-refractivity contribution in [2.75, 3.05) is 26.8 Å². The van der Waals surface area contributed by atoms with Crippen LogP contribution in [0.4, 0.5) is 0 Å². The summed E-state index contributed by atoms with van der Waals surface area (Å²) >= 11 is 0. The fourth-order valence-corrected chi connectivity index (χ4v) is 4.23. The van der Waals surface area contributed by atoms with E-state index < -0.39 is 0 Å². The third kappa shape index (κ3) is 6.55. The summed E-state index contributed by atoms with van der Waals surface area (Å²) in [5.74, 6) is -0.537. The van der Waals surface area contributed by atoms with Crippen molar-refractivity contribution >= 4 is 22.8 Å². The smallest absolute Gasteiger partial charge is 0.254 e. The minimum absolute atomic E-state index is 0.0524. The molecule has 0 aliphatic carbocycles. The van der Waals surface area contributed by atoms with E-state index in [0.717, 1.165) is 16.7 Å². The topological polar surface area (TPSA) is 80.1 Å². The molecule has 0 aliphatic rings. The normalized spacial score (nSPS) is 10.9. The Hall–Kier alpha value is -4.23. The number of carbonyl (C=O) groups excluding carboxylic acids is 2. The highest BCUT2D eigenvalue weighted by Crippen LogP contribution is 2.16. The van der Waals surface area contributed by atoms with Crippen molar-refractivity contribution in [3.05, 3.63) is 117 Å². The van der Waals surface area contributed by atoms with Crippen molar-refractivity contribution in [3.8, 4) is 0 Å². The number of carbonyl (C=O) groups is 2. The van der Waals surface area contributed by atoms with Crippen molar-refractivity contribution in [2.24, 2.45) is 0 Å². The van der Waals surface area contributed by atoms with E-state index >= 15 is 0 Å². The molecule has 38 heavy (non-hydrogen) atoms. The number of benzene rings is 3. The monoisotopic (exact) mass is 512 g/mol. The van der Waals surface area contributed by atoms with Crippen LogP contribution in [0.15, 0.2) is 88.3 Å². The van der Waals surface area contributed by atoms with Gasteiger partial charge in [0, 0.05) is 25.8 Å². The Bertz CT molecular complexity index is 1460. The first-order chi connectivity index (χ1) is 18.4. The lowest BCUT2D eigenvalue weighted by atomic mass is 10.1. The third-order valence-corrected chi connectivity index (χ3v) is 6.41. The van der Waals surface area contributed by atoms with Gasteiger partial charge in [-0.15, -0.1) is 0 Å². The summed E-state index contributed by atoms with van der Waals surface area (Å²) in [4.78, 5) is 43.4.